The lowest BCUT2D eigenvalue weighted by Gasteiger charge is -2.13. The molecule has 0 saturated heterocycles. The summed E-state index contributed by atoms with van der Waals surface area (Å²) in [4.78, 5) is 31.3. The van der Waals surface area contributed by atoms with E-state index in [9.17, 15) is 9.59 Å². The van der Waals surface area contributed by atoms with Crippen LogP contribution in [0, 0.1) is 0 Å². The van der Waals surface area contributed by atoms with Gasteiger partial charge in [0.1, 0.15) is 11.4 Å². The maximum absolute atomic E-state index is 12.2. The normalized spacial score (nSPS) is 10.2. The summed E-state index contributed by atoms with van der Waals surface area (Å²) in [7, 11) is 0. The van der Waals surface area contributed by atoms with Crippen molar-refractivity contribution < 1.29 is 19.4 Å². The number of esters is 1. The number of thiocarbonyl (C=S) groups is 1. The molecule has 0 aliphatic carbocycles. The van der Waals surface area contributed by atoms with Crippen molar-refractivity contribution in [2.24, 2.45) is 0 Å². The minimum absolute atomic E-state index is 0.0138. The first-order valence-electron chi connectivity index (χ1n) is 9.93. The van der Waals surface area contributed by atoms with Gasteiger partial charge in [-0.3, -0.25) is 4.79 Å². The van der Waals surface area contributed by atoms with E-state index in [1.54, 1.807) is 31.2 Å². The molecular formula is C20H25ClN6O4S. The fourth-order valence-corrected chi connectivity index (χ4v) is 2.77. The van der Waals surface area contributed by atoms with Crippen LogP contribution in [0.15, 0.2) is 30.5 Å². The number of carbonyl (C=O) groups excluding carboxylic acids is 1. The third-order valence-corrected chi connectivity index (χ3v) is 4.48. The second-order valence-electron chi connectivity index (χ2n) is 6.42. The van der Waals surface area contributed by atoms with Gasteiger partial charge in [0.05, 0.1) is 13.0 Å². The highest BCUT2D eigenvalue weighted by molar-refractivity contribution is 7.80. The monoisotopic (exact) mass is 480 g/mol. The van der Waals surface area contributed by atoms with Crippen molar-refractivity contribution >= 4 is 58.3 Å². The molecule has 1 aromatic heterocycles. The predicted molar refractivity (Wildman–Crippen MR) is 127 cm³/mol. The Morgan fingerprint density at radius 3 is 2.56 bits per heavy atom. The predicted octanol–water partition coefficient (Wildman–Crippen LogP) is 2.79. The maximum atomic E-state index is 12.2. The van der Waals surface area contributed by atoms with Crippen molar-refractivity contribution in [3.8, 4) is 0 Å². The molecule has 5 N–H and O–H groups in total. The van der Waals surface area contributed by atoms with Gasteiger partial charge < -0.3 is 31.1 Å². The summed E-state index contributed by atoms with van der Waals surface area (Å²) in [6.07, 6.45) is 2.05. The second kappa shape index (κ2) is 13.3. The lowest BCUT2D eigenvalue weighted by Crippen LogP contribution is -2.37. The van der Waals surface area contributed by atoms with Crippen molar-refractivity contribution in [2.45, 2.75) is 19.8 Å². The summed E-state index contributed by atoms with van der Waals surface area (Å²) < 4.78 is 5.08. The second-order valence-corrected chi connectivity index (χ2v) is 7.26. The molecule has 0 unspecified atom stereocenters. The number of ether oxygens (including phenoxy) is 1. The molecule has 12 heteroatoms. The number of rotatable bonds is 12. The number of benzene rings is 1. The Bertz CT molecular complexity index is 929. The molecule has 10 nitrogen and oxygen atoms in total. The van der Waals surface area contributed by atoms with Gasteiger partial charge in [-0.15, -0.1) is 0 Å². The quantitative estimate of drug-likeness (QED) is 0.174. The Hall–Kier alpha value is -3.18. The Morgan fingerprint density at radius 1 is 1.16 bits per heavy atom. The molecule has 2 rings (SSSR count). The third-order valence-electron chi connectivity index (χ3n) is 3.94. The minimum atomic E-state index is -0.892. The van der Waals surface area contributed by atoms with Crippen molar-refractivity contribution in [1.82, 2.24) is 20.6 Å². The van der Waals surface area contributed by atoms with Gasteiger partial charge >= 0.3 is 11.9 Å². The van der Waals surface area contributed by atoms with Gasteiger partial charge in [-0.05, 0) is 49.8 Å². The Morgan fingerprint density at radius 2 is 1.88 bits per heavy atom. The summed E-state index contributed by atoms with van der Waals surface area (Å²) in [5.74, 6) is -0.756. The third kappa shape index (κ3) is 8.90. The van der Waals surface area contributed by atoms with Gasteiger partial charge in [0.15, 0.2) is 5.11 Å². The molecule has 2 aromatic rings. The molecule has 0 radical (unpaired) electrons. The standard InChI is InChI=1S/C20H25ClN6O4S/c1-2-31-18(30)15-12-25-19(26-14-6-4-13(21)5-7-14)27-17(15)22-9-3-10-23-20(32)24-11-8-16(28)29/h4-7,12H,2-3,8-11H2,1H3,(H,28,29)(H2,23,24,32)(H2,22,25,26,27). The molecule has 1 aromatic carbocycles. The van der Waals surface area contributed by atoms with Gasteiger partial charge in [-0.2, -0.15) is 4.98 Å². The average molecular weight is 481 g/mol. The highest BCUT2D eigenvalue weighted by atomic mass is 35.5. The van der Waals surface area contributed by atoms with Crippen LogP contribution in [0.4, 0.5) is 17.5 Å². The lowest BCUT2D eigenvalue weighted by atomic mass is 10.3. The lowest BCUT2D eigenvalue weighted by molar-refractivity contribution is -0.136. The zero-order chi connectivity index (χ0) is 23.3. The fraction of sp³-hybridized carbons (Fsp3) is 0.350. The Balaban J connectivity index is 1.93. The zero-order valence-corrected chi connectivity index (χ0v) is 19.1. The largest absolute Gasteiger partial charge is 0.481 e. The number of aromatic nitrogens is 2. The van der Waals surface area contributed by atoms with E-state index in [1.807, 2.05) is 0 Å². The van der Waals surface area contributed by atoms with Crippen molar-refractivity contribution in [1.29, 1.82) is 0 Å². The van der Waals surface area contributed by atoms with E-state index in [1.165, 1.54) is 6.20 Å². The average Bonchev–Trinajstić information content (AvgIpc) is 2.75. The van der Waals surface area contributed by atoms with Crippen LogP contribution >= 0.6 is 23.8 Å². The summed E-state index contributed by atoms with van der Waals surface area (Å²) >= 11 is 11.0. The number of nitrogens with one attached hydrogen (secondary N) is 4. The van der Waals surface area contributed by atoms with E-state index < -0.39 is 11.9 Å². The van der Waals surface area contributed by atoms with Crippen molar-refractivity contribution in [3.63, 3.8) is 0 Å². The fourth-order valence-electron chi connectivity index (χ4n) is 2.44. The smallest absolute Gasteiger partial charge is 0.343 e. The molecule has 0 aliphatic heterocycles. The summed E-state index contributed by atoms with van der Waals surface area (Å²) in [6, 6.07) is 7.06. The van der Waals surface area contributed by atoms with Crippen molar-refractivity contribution in [3.05, 3.63) is 41.0 Å². The highest BCUT2D eigenvalue weighted by Gasteiger charge is 2.16. The number of carboxylic acids is 1. The van der Waals surface area contributed by atoms with E-state index in [0.29, 0.717) is 41.4 Å². The molecule has 0 spiro atoms. The topological polar surface area (TPSA) is 138 Å². The van der Waals surface area contributed by atoms with Crippen LogP contribution < -0.4 is 21.3 Å². The van der Waals surface area contributed by atoms with Gasteiger partial charge in [0, 0.05) is 36.5 Å². The van der Waals surface area contributed by atoms with Gasteiger partial charge in [0.2, 0.25) is 5.95 Å². The number of aliphatic carboxylic acids is 1. The molecule has 1 heterocycles. The van der Waals surface area contributed by atoms with Crippen LogP contribution in [0.2, 0.25) is 5.02 Å². The maximum Gasteiger partial charge on any atom is 0.343 e. The SMILES string of the molecule is CCOC(=O)c1cnc(Nc2ccc(Cl)cc2)nc1NCCCNC(=S)NCCC(=O)O. The van der Waals surface area contributed by atoms with Gasteiger partial charge in [0.25, 0.3) is 0 Å². The molecule has 32 heavy (non-hydrogen) atoms. The van der Waals surface area contributed by atoms with E-state index in [0.717, 1.165) is 5.69 Å². The number of carboxylic acid groups (broad SMARTS) is 1. The van der Waals surface area contributed by atoms with Crippen LogP contribution in [0.5, 0.6) is 0 Å². The first-order chi connectivity index (χ1) is 15.4. The molecule has 0 amide bonds. The number of halogens is 1. The molecule has 0 bridgehead atoms. The van der Waals surface area contributed by atoms with Crippen LogP contribution in [0.1, 0.15) is 30.1 Å². The van der Waals surface area contributed by atoms with Crippen LogP contribution in [-0.2, 0) is 9.53 Å². The van der Waals surface area contributed by atoms with Crippen molar-refractivity contribution in [2.75, 3.05) is 36.9 Å². The molecule has 172 valence electrons. The summed E-state index contributed by atoms with van der Waals surface area (Å²) in [5, 5.41) is 21.6. The Labute approximate surface area is 196 Å². The molecule has 0 aliphatic rings. The van der Waals surface area contributed by atoms with E-state index in [4.69, 9.17) is 33.7 Å². The highest BCUT2D eigenvalue weighted by Crippen LogP contribution is 2.20. The number of nitrogens with zero attached hydrogens (tertiary/aromatic N) is 2. The molecule has 0 saturated carbocycles. The molecule has 0 fully saturated rings. The molecule has 0 atom stereocenters. The van der Waals surface area contributed by atoms with Crippen LogP contribution in [-0.4, -0.2) is 58.4 Å². The first-order valence-corrected chi connectivity index (χ1v) is 10.7. The summed E-state index contributed by atoms with van der Waals surface area (Å²) in [5.41, 5.74) is 0.977. The van der Waals surface area contributed by atoms with Crippen LogP contribution in [0.3, 0.4) is 0 Å². The summed E-state index contributed by atoms with van der Waals surface area (Å²) in [6.45, 7) is 3.25. The number of anilines is 3. The van der Waals surface area contributed by atoms with E-state index in [2.05, 4.69) is 31.2 Å². The molecular weight excluding hydrogens is 456 g/mol. The number of hydrogen-bond acceptors (Lipinski definition) is 8. The van der Waals surface area contributed by atoms with Gasteiger partial charge in [-0.1, -0.05) is 11.6 Å². The van der Waals surface area contributed by atoms with E-state index in [-0.39, 0.29) is 25.1 Å². The zero-order valence-electron chi connectivity index (χ0n) is 17.5. The van der Waals surface area contributed by atoms with Gasteiger partial charge in [-0.25, -0.2) is 9.78 Å². The Kier molecular flexibility index (Phi) is 10.4. The number of hydrogen-bond donors (Lipinski definition) is 5. The number of carbonyl (C=O) groups is 2. The van der Waals surface area contributed by atoms with Crippen LogP contribution in [0.25, 0.3) is 0 Å². The first kappa shape index (κ1) is 25.1. The minimum Gasteiger partial charge on any atom is -0.481 e. The van der Waals surface area contributed by atoms with E-state index >= 15 is 0 Å².